The van der Waals surface area contributed by atoms with E-state index in [0.717, 1.165) is 24.4 Å². The third kappa shape index (κ3) is 3.49. The molecule has 1 aliphatic heterocycles. The molecule has 98 valence electrons. The predicted molar refractivity (Wildman–Crippen MR) is 78.7 cm³/mol. The van der Waals surface area contributed by atoms with Gasteiger partial charge in [-0.3, -0.25) is 5.41 Å². The summed E-state index contributed by atoms with van der Waals surface area (Å²) >= 11 is 1.57. The first-order chi connectivity index (χ1) is 8.20. The van der Waals surface area contributed by atoms with Crippen molar-refractivity contribution in [1.82, 2.24) is 4.90 Å². The second kappa shape index (κ2) is 6.80. The largest absolute Gasteiger partial charge is 0.465 e. The van der Waals surface area contributed by atoms with Gasteiger partial charge in [-0.05, 0) is 17.7 Å². The lowest BCUT2D eigenvalue weighted by Gasteiger charge is -2.16. The lowest BCUT2D eigenvalue weighted by Crippen LogP contribution is -2.22. The number of halogens is 1. The summed E-state index contributed by atoms with van der Waals surface area (Å²) in [6, 6.07) is 7.33. The fourth-order valence-corrected chi connectivity index (χ4v) is 2.52. The maximum atomic E-state index is 11.3. The molecule has 0 spiro atoms. The molecule has 1 fully saturated rings. The number of nitrogens with one attached hydrogen (secondary N) is 1. The fraction of sp³-hybridized carbons (Fsp3) is 0.333. The number of rotatable bonds is 3. The summed E-state index contributed by atoms with van der Waals surface area (Å²) in [6.07, 6.45) is 0. The van der Waals surface area contributed by atoms with E-state index < -0.39 is 0 Å². The minimum absolute atomic E-state index is 0. The van der Waals surface area contributed by atoms with Gasteiger partial charge in [-0.15, -0.1) is 17.0 Å². The molecule has 1 aromatic carbocycles. The highest BCUT2D eigenvalue weighted by Crippen LogP contribution is 2.19. The lowest BCUT2D eigenvalue weighted by molar-refractivity contribution is 0.0600. The van der Waals surface area contributed by atoms with Gasteiger partial charge in [0.1, 0.15) is 0 Å². The number of benzene rings is 1. The van der Waals surface area contributed by atoms with E-state index in [1.54, 1.807) is 23.9 Å². The number of esters is 1. The normalized spacial score (nSPS) is 14.3. The summed E-state index contributed by atoms with van der Waals surface area (Å²) < 4.78 is 4.64. The van der Waals surface area contributed by atoms with Gasteiger partial charge in [0.2, 0.25) is 0 Å². The molecule has 0 bridgehead atoms. The predicted octanol–water partition coefficient (Wildman–Crippen LogP) is 2.53. The third-order valence-electron chi connectivity index (χ3n) is 2.64. The van der Waals surface area contributed by atoms with Crippen molar-refractivity contribution in [2.75, 3.05) is 19.4 Å². The van der Waals surface area contributed by atoms with Gasteiger partial charge < -0.3 is 9.64 Å². The van der Waals surface area contributed by atoms with Crippen LogP contribution < -0.4 is 0 Å². The monoisotopic (exact) mass is 330 g/mol. The summed E-state index contributed by atoms with van der Waals surface area (Å²) in [5.74, 6) is 0.667. The van der Waals surface area contributed by atoms with Gasteiger partial charge in [0.25, 0.3) is 0 Å². The Balaban J connectivity index is 0.00000162. The second-order valence-corrected chi connectivity index (χ2v) is 4.85. The zero-order valence-corrected chi connectivity index (χ0v) is 12.5. The Labute approximate surface area is 121 Å². The average molecular weight is 331 g/mol. The Kier molecular flexibility index (Phi) is 5.68. The molecule has 0 aromatic heterocycles. The van der Waals surface area contributed by atoms with Crippen LogP contribution in [0.25, 0.3) is 0 Å². The van der Waals surface area contributed by atoms with E-state index in [9.17, 15) is 4.79 Å². The van der Waals surface area contributed by atoms with Crippen molar-refractivity contribution in [2.24, 2.45) is 0 Å². The zero-order valence-electron chi connectivity index (χ0n) is 10.0. The van der Waals surface area contributed by atoms with Crippen LogP contribution in [0.4, 0.5) is 0 Å². The van der Waals surface area contributed by atoms with Crippen LogP contribution in [0, 0.1) is 5.41 Å². The molecular weight excluding hydrogens is 316 g/mol. The van der Waals surface area contributed by atoms with Crippen molar-refractivity contribution < 1.29 is 9.53 Å². The highest BCUT2D eigenvalue weighted by atomic mass is 79.9. The lowest BCUT2D eigenvalue weighted by atomic mass is 10.1. The van der Waals surface area contributed by atoms with Crippen molar-refractivity contribution in [3.63, 3.8) is 0 Å². The van der Waals surface area contributed by atoms with Crippen LogP contribution in [0.15, 0.2) is 24.3 Å². The molecule has 1 N–H and O–H groups in total. The number of hydrogen-bond donors (Lipinski definition) is 1. The van der Waals surface area contributed by atoms with E-state index in [4.69, 9.17) is 5.41 Å². The fourth-order valence-electron chi connectivity index (χ4n) is 1.68. The summed E-state index contributed by atoms with van der Waals surface area (Å²) in [5, 5.41) is 8.34. The van der Waals surface area contributed by atoms with Crippen molar-refractivity contribution in [1.29, 1.82) is 5.41 Å². The molecule has 0 radical (unpaired) electrons. The number of methoxy groups -OCH3 is 1. The quantitative estimate of drug-likeness (QED) is 0.865. The van der Waals surface area contributed by atoms with Crippen LogP contribution in [0.5, 0.6) is 0 Å². The van der Waals surface area contributed by atoms with E-state index in [-0.39, 0.29) is 23.0 Å². The smallest absolute Gasteiger partial charge is 0.337 e. The minimum atomic E-state index is -0.318. The molecule has 1 aliphatic rings. The number of amidine groups is 1. The zero-order chi connectivity index (χ0) is 12.3. The van der Waals surface area contributed by atoms with Crippen molar-refractivity contribution in [2.45, 2.75) is 6.54 Å². The molecule has 4 nitrogen and oxygen atoms in total. The van der Waals surface area contributed by atoms with Gasteiger partial charge in [-0.1, -0.05) is 23.9 Å². The standard InChI is InChI=1S/C12H14N2O2S.BrH/c1-16-11(15)10-4-2-9(3-5-10)8-14-6-7-17-12(14)13;/h2-5,13H,6-8H2,1H3;1H. The van der Waals surface area contributed by atoms with E-state index >= 15 is 0 Å². The highest BCUT2D eigenvalue weighted by Gasteiger charge is 2.17. The molecule has 0 unspecified atom stereocenters. The van der Waals surface area contributed by atoms with E-state index in [0.29, 0.717) is 10.7 Å². The topological polar surface area (TPSA) is 53.4 Å². The Morgan fingerprint density at radius 1 is 1.44 bits per heavy atom. The molecule has 2 rings (SSSR count). The average Bonchev–Trinajstić information content (AvgIpc) is 2.75. The first-order valence-electron chi connectivity index (χ1n) is 5.34. The highest BCUT2D eigenvalue weighted by molar-refractivity contribution is 8.93. The number of thioether (sulfide) groups is 1. The van der Waals surface area contributed by atoms with Crippen LogP contribution in [-0.4, -0.2) is 35.4 Å². The summed E-state index contributed by atoms with van der Waals surface area (Å²) in [6.45, 7) is 1.65. The second-order valence-electron chi connectivity index (χ2n) is 3.76. The summed E-state index contributed by atoms with van der Waals surface area (Å²) in [5.41, 5.74) is 1.66. The Morgan fingerprint density at radius 3 is 2.61 bits per heavy atom. The Hall–Kier alpha value is -1.01. The minimum Gasteiger partial charge on any atom is -0.465 e. The van der Waals surface area contributed by atoms with Crippen molar-refractivity contribution in [3.8, 4) is 0 Å². The van der Waals surface area contributed by atoms with Gasteiger partial charge in [0.15, 0.2) is 5.17 Å². The van der Waals surface area contributed by atoms with Crippen molar-refractivity contribution in [3.05, 3.63) is 35.4 Å². The van der Waals surface area contributed by atoms with Gasteiger partial charge in [0.05, 0.1) is 12.7 Å². The van der Waals surface area contributed by atoms with Gasteiger partial charge in [-0.25, -0.2) is 4.79 Å². The number of nitrogens with zero attached hydrogens (tertiary/aromatic N) is 1. The number of ether oxygens (including phenoxy) is 1. The Morgan fingerprint density at radius 2 is 2.11 bits per heavy atom. The molecule has 0 atom stereocenters. The summed E-state index contributed by atoms with van der Waals surface area (Å²) in [7, 11) is 1.37. The van der Waals surface area contributed by atoms with Crippen LogP contribution in [0.1, 0.15) is 15.9 Å². The number of hydrogen-bond acceptors (Lipinski definition) is 4. The maximum Gasteiger partial charge on any atom is 0.337 e. The SMILES string of the molecule is Br.COC(=O)c1ccc(CN2CCSC2=N)cc1. The number of carbonyl (C=O) groups excluding carboxylic acids is 1. The number of carbonyl (C=O) groups is 1. The van der Waals surface area contributed by atoms with Crippen LogP contribution in [0.3, 0.4) is 0 Å². The maximum absolute atomic E-state index is 11.3. The van der Waals surface area contributed by atoms with Crippen LogP contribution in [-0.2, 0) is 11.3 Å². The van der Waals surface area contributed by atoms with E-state index in [1.165, 1.54) is 7.11 Å². The van der Waals surface area contributed by atoms with Crippen LogP contribution >= 0.6 is 28.7 Å². The molecule has 0 aliphatic carbocycles. The molecule has 18 heavy (non-hydrogen) atoms. The molecule has 1 saturated heterocycles. The Bertz CT molecular complexity index is 436. The van der Waals surface area contributed by atoms with Gasteiger partial charge >= 0.3 is 5.97 Å². The van der Waals surface area contributed by atoms with Gasteiger partial charge in [0, 0.05) is 18.8 Å². The molecule has 0 amide bonds. The first-order valence-corrected chi connectivity index (χ1v) is 6.33. The van der Waals surface area contributed by atoms with Crippen LogP contribution in [0.2, 0.25) is 0 Å². The molecule has 1 heterocycles. The molecule has 0 saturated carbocycles. The molecule has 1 aromatic rings. The summed E-state index contributed by atoms with van der Waals surface area (Å²) in [4.78, 5) is 13.3. The first kappa shape index (κ1) is 15.0. The van der Waals surface area contributed by atoms with E-state index in [2.05, 4.69) is 4.74 Å². The molecular formula is C12H15BrN2O2S. The molecule has 6 heteroatoms. The third-order valence-corrected chi connectivity index (χ3v) is 3.55. The van der Waals surface area contributed by atoms with Crippen molar-refractivity contribution >= 4 is 39.9 Å². The van der Waals surface area contributed by atoms with E-state index in [1.807, 2.05) is 17.0 Å². The van der Waals surface area contributed by atoms with Gasteiger partial charge in [-0.2, -0.15) is 0 Å².